The lowest BCUT2D eigenvalue weighted by Crippen LogP contribution is -2.75. The van der Waals surface area contributed by atoms with Crippen LogP contribution >= 0.6 is 0 Å². The number of hydrogen-bond acceptors (Lipinski definition) is 5. The van der Waals surface area contributed by atoms with Gasteiger partial charge < -0.3 is 25.3 Å². The Balaban J connectivity index is 2.01. The Bertz CT molecular complexity index is 632. The topological polar surface area (TPSA) is 82.8 Å². The Kier molecular flexibility index (Phi) is 6.66. The summed E-state index contributed by atoms with van der Waals surface area (Å²) < 4.78 is 16.5. The first kappa shape index (κ1) is 20.7. The zero-order chi connectivity index (χ0) is 19.4. The van der Waals surface area contributed by atoms with Crippen LogP contribution in [0.5, 0.6) is 5.75 Å². The molecule has 1 aromatic carbocycles. The third-order valence-electron chi connectivity index (χ3n) is 5.44. The van der Waals surface area contributed by atoms with Gasteiger partial charge in [-0.25, -0.2) is 0 Å². The molecule has 1 aliphatic rings. The summed E-state index contributed by atoms with van der Waals surface area (Å²) >= 11 is 0. The predicted octanol–water partition coefficient (Wildman–Crippen LogP) is 2.17. The molecule has 146 valence electrons. The maximum Gasteiger partial charge on any atom is 0.241 e. The lowest BCUT2D eigenvalue weighted by molar-refractivity contribution is -0.170. The second-order valence-corrected chi connectivity index (χ2v) is 7.48. The van der Waals surface area contributed by atoms with E-state index in [9.17, 15) is 4.79 Å². The highest BCUT2D eigenvalue weighted by Crippen LogP contribution is 2.49. The molecule has 1 aliphatic carbocycles. The molecule has 0 aromatic heterocycles. The molecular formula is C20H32N2O4. The molecule has 0 radical (unpaired) electrons. The van der Waals surface area contributed by atoms with Crippen molar-refractivity contribution in [2.45, 2.75) is 52.3 Å². The molecule has 0 bridgehead atoms. The minimum atomic E-state index is -0.922. The van der Waals surface area contributed by atoms with Gasteiger partial charge in [0.15, 0.2) is 0 Å². The molecule has 2 atom stereocenters. The molecule has 2 unspecified atom stereocenters. The summed E-state index contributed by atoms with van der Waals surface area (Å²) in [7, 11) is 1.64. The average molecular weight is 364 g/mol. The summed E-state index contributed by atoms with van der Waals surface area (Å²) in [6.07, 6.45) is 0.542. The predicted molar refractivity (Wildman–Crippen MR) is 101 cm³/mol. The SMILES string of the molecule is CCOC1CC(N)(C(=O)NCc2ccc(C)cc2OCCOC)C1(C)C. The van der Waals surface area contributed by atoms with E-state index in [1.54, 1.807) is 7.11 Å². The number of rotatable bonds is 9. The summed E-state index contributed by atoms with van der Waals surface area (Å²) in [5, 5.41) is 2.98. The van der Waals surface area contributed by atoms with Gasteiger partial charge in [0, 0.05) is 37.7 Å². The molecule has 3 N–H and O–H groups in total. The number of methoxy groups -OCH3 is 1. The highest BCUT2D eigenvalue weighted by atomic mass is 16.5. The van der Waals surface area contributed by atoms with Crippen LogP contribution in [0.4, 0.5) is 0 Å². The van der Waals surface area contributed by atoms with E-state index >= 15 is 0 Å². The molecule has 1 aromatic rings. The van der Waals surface area contributed by atoms with Gasteiger partial charge in [0.1, 0.15) is 17.9 Å². The zero-order valence-corrected chi connectivity index (χ0v) is 16.6. The van der Waals surface area contributed by atoms with E-state index in [4.69, 9.17) is 19.9 Å². The van der Waals surface area contributed by atoms with Crippen molar-refractivity contribution in [2.75, 3.05) is 26.9 Å². The maximum absolute atomic E-state index is 12.8. The van der Waals surface area contributed by atoms with E-state index in [0.717, 1.165) is 16.9 Å². The average Bonchev–Trinajstić information content (AvgIpc) is 2.60. The molecule has 6 heteroatoms. The number of carbonyl (C=O) groups is 1. The van der Waals surface area contributed by atoms with Crippen LogP contribution in [0.15, 0.2) is 18.2 Å². The van der Waals surface area contributed by atoms with Gasteiger partial charge >= 0.3 is 0 Å². The quantitative estimate of drug-likeness (QED) is 0.656. The molecule has 2 rings (SSSR count). The normalized spacial score (nSPS) is 24.0. The molecule has 0 spiro atoms. The largest absolute Gasteiger partial charge is 0.491 e. The number of benzene rings is 1. The Morgan fingerprint density at radius 1 is 1.35 bits per heavy atom. The third-order valence-corrected chi connectivity index (χ3v) is 5.44. The van der Waals surface area contributed by atoms with Crippen molar-refractivity contribution in [3.63, 3.8) is 0 Å². The standard InChI is InChI=1S/C20H32N2O4/c1-6-25-17-12-20(21,19(17,3)4)18(23)22-13-15-8-7-14(2)11-16(15)26-10-9-24-5/h7-8,11,17H,6,9-10,12-13,21H2,1-5H3,(H,22,23). The Morgan fingerprint density at radius 3 is 2.69 bits per heavy atom. The first-order valence-electron chi connectivity index (χ1n) is 9.16. The number of amides is 1. The number of ether oxygens (including phenoxy) is 3. The second kappa shape index (κ2) is 8.37. The summed E-state index contributed by atoms with van der Waals surface area (Å²) in [6, 6.07) is 5.94. The summed E-state index contributed by atoms with van der Waals surface area (Å²) in [6.45, 7) is 9.90. The van der Waals surface area contributed by atoms with Gasteiger partial charge in [-0.3, -0.25) is 4.79 Å². The first-order valence-corrected chi connectivity index (χ1v) is 9.16. The van der Waals surface area contributed by atoms with Gasteiger partial charge in [-0.1, -0.05) is 26.0 Å². The summed E-state index contributed by atoms with van der Waals surface area (Å²) in [5.74, 6) is 0.607. The highest BCUT2D eigenvalue weighted by Gasteiger charge is 2.62. The molecule has 0 saturated heterocycles. The third kappa shape index (κ3) is 4.03. The van der Waals surface area contributed by atoms with Crippen LogP contribution in [0.1, 0.15) is 38.3 Å². The lowest BCUT2D eigenvalue weighted by Gasteiger charge is -2.57. The monoisotopic (exact) mass is 364 g/mol. The minimum Gasteiger partial charge on any atom is -0.491 e. The molecule has 6 nitrogen and oxygen atoms in total. The van der Waals surface area contributed by atoms with Gasteiger partial charge in [-0.15, -0.1) is 0 Å². The number of nitrogens with two attached hydrogens (primary N) is 1. The molecule has 0 heterocycles. The van der Waals surface area contributed by atoms with Gasteiger partial charge in [-0.2, -0.15) is 0 Å². The van der Waals surface area contributed by atoms with Crippen LogP contribution in [0, 0.1) is 12.3 Å². The summed E-state index contributed by atoms with van der Waals surface area (Å²) in [5.41, 5.74) is 7.12. The van der Waals surface area contributed by atoms with Crippen molar-refractivity contribution in [1.29, 1.82) is 0 Å². The summed E-state index contributed by atoms with van der Waals surface area (Å²) in [4.78, 5) is 12.8. The Morgan fingerprint density at radius 2 is 2.08 bits per heavy atom. The van der Waals surface area contributed by atoms with Crippen LogP contribution < -0.4 is 15.8 Å². The van der Waals surface area contributed by atoms with Crippen LogP contribution in [-0.2, 0) is 20.8 Å². The first-order chi connectivity index (χ1) is 12.3. The van der Waals surface area contributed by atoms with E-state index in [2.05, 4.69) is 5.32 Å². The van der Waals surface area contributed by atoms with E-state index in [1.807, 2.05) is 45.9 Å². The van der Waals surface area contributed by atoms with E-state index in [-0.39, 0.29) is 12.0 Å². The van der Waals surface area contributed by atoms with E-state index in [1.165, 1.54) is 0 Å². The fraction of sp³-hybridized carbons (Fsp3) is 0.650. The lowest BCUT2D eigenvalue weighted by atomic mass is 9.54. The van der Waals surface area contributed by atoms with E-state index < -0.39 is 11.0 Å². The number of carbonyl (C=O) groups excluding carboxylic acids is 1. The van der Waals surface area contributed by atoms with Gasteiger partial charge in [0.25, 0.3) is 0 Å². The van der Waals surface area contributed by atoms with E-state index in [0.29, 0.717) is 32.8 Å². The van der Waals surface area contributed by atoms with Crippen LogP contribution in [-0.4, -0.2) is 44.5 Å². The van der Waals surface area contributed by atoms with Crippen molar-refractivity contribution in [2.24, 2.45) is 11.1 Å². The smallest absolute Gasteiger partial charge is 0.241 e. The molecule has 1 amide bonds. The number of nitrogens with one attached hydrogen (secondary N) is 1. The minimum absolute atomic E-state index is 0.00978. The maximum atomic E-state index is 12.8. The van der Waals surface area contributed by atoms with Crippen molar-refractivity contribution in [3.05, 3.63) is 29.3 Å². The number of hydrogen-bond donors (Lipinski definition) is 2. The Labute approximate surface area is 156 Å². The van der Waals surface area contributed by atoms with Crippen molar-refractivity contribution >= 4 is 5.91 Å². The molecular weight excluding hydrogens is 332 g/mol. The Hall–Kier alpha value is -1.63. The second-order valence-electron chi connectivity index (χ2n) is 7.48. The molecule has 26 heavy (non-hydrogen) atoms. The van der Waals surface area contributed by atoms with Crippen LogP contribution in [0.2, 0.25) is 0 Å². The fourth-order valence-electron chi connectivity index (χ4n) is 3.33. The molecule has 1 fully saturated rings. The number of aryl methyl sites for hydroxylation is 1. The zero-order valence-electron chi connectivity index (χ0n) is 16.6. The van der Waals surface area contributed by atoms with Gasteiger partial charge in [0.05, 0.1) is 12.7 Å². The van der Waals surface area contributed by atoms with Crippen LogP contribution in [0.25, 0.3) is 0 Å². The van der Waals surface area contributed by atoms with Crippen molar-refractivity contribution < 1.29 is 19.0 Å². The molecule has 0 aliphatic heterocycles. The van der Waals surface area contributed by atoms with Crippen molar-refractivity contribution in [1.82, 2.24) is 5.32 Å². The highest BCUT2D eigenvalue weighted by molar-refractivity contribution is 5.88. The van der Waals surface area contributed by atoms with Gasteiger partial charge in [-0.05, 0) is 25.5 Å². The molecule has 1 saturated carbocycles. The fourth-order valence-corrected chi connectivity index (χ4v) is 3.33. The van der Waals surface area contributed by atoms with Crippen molar-refractivity contribution in [3.8, 4) is 5.75 Å². The van der Waals surface area contributed by atoms with Gasteiger partial charge in [0.2, 0.25) is 5.91 Å². The van der Waals surface area contributed by atoms with Crippen LogP contribution in [0.3, 0.4) is 0 Å².